The van der Waals surface area contributed by atoms with Crippen molar-refractivity contribution in [2.24, 2.45) is 0 Å². The van der Waals surface area contributed by atoms with Gasteiger partial charge in [0.05, 0.1) is 11.7 Å². The fourth-order valence-electron chi connectivity index (χ4n) is 2.74. The normalized spacial score (nSPS) is 20.8. The van der Waals surface area contributed by atoms with Crippen molar-refractivity contribution in [1.29, 1.82) is 0 Å². The highest BCUT2D eigenvalue weighted by Crippen LogP contribution is 2.40. The summed E-state index contributed by atoms with van der Waals surface area (Å²) in [7, 11) is -3.57. The molecule has 1 aromatic heterocycles. The van der Waals surface area contributed by atoms with E-state index in [-0.39, 0.29) is 12.1 Å². The molecule has 5 nitrogen and oxygen atoms in total. The molecule has 1 aliphatic rings. The van der Waals surface area contributed by atoms with Gasteiger partial charge in [-0.1, -0.05) is 18.2 Å². The summed E-state index contributed by atoms with van der Waals surface area (Å²) >= 11 is 0. The maximum Gasteiger partial charge on any atom is 0.302 e. The Kier molecular flexibility index (Phi) is 3.43. The number of nitrogens with zero attached hydrogens (tertiary/aromatic N) is 2. The van der Waals surface area contributed by atoms with Crippen LogP contribution in [0.5, 0.6) is 0 Å². The zero-order chi connectivity index (χ0) is 15.0. The van der Waals surface area contributed by atoms with Crippen LogP contribution in [-0.2, 0) is 10.2 Å². The van der Waals surface area contributed by atoms with E-state index >= 15 is 0 Å². The van der Waals surface area contributed by atoms with Gasteiger partial charge in [-0.2, -0.15) is 12.7 Å². The number of fused-ring (bicyclic) bond motifs is 1. The average molecular weight is 303 g/mol. The third-order valence-electron chi connectivity index (χ3n) is 3.56. The van der Waals surface area contributed by atoms with Crippen LogP contribution in [0.1, 0.15) is 31.0 Å². The molecule has 0 amide bonds. The summed E-state index contributed by atoms with van der Waals surface area (Å²) in [5, 5.41) is 0. The molecule has 0 aliphatic carbocycles. The maximum absolute atomic E-state index is 12.6. The van der Waals surface area contributed by atoms with Gasteiger partial charge in [0, 0.05) is 18.4 Å². The number of hydrogen-bond donors (Lipinski definition) is 1. The number of para-hydroxylation sites is 1. The zero-order valence-corrected chi connectivity index (χ0v) is 12.7. The second-order valence-electron chi connectivity index (χ2n) is 5.30. The first-order valence-electron chi connectivity index (χ1n) is 6.81. The highest BCUT2D eigenvalue weighted by Gasteiger charge is 2.39. The number of aromatic nitrogens is 1. The standard InChI is InChI=1S/C15H17N3O2S/c1-11(2)18-15(12-7-9-16-10-8-12)13-5-3-4-6-14(13)17-21(18,19)20/h3-11,15,17H,1-2H3. The molecule has 6 heteroatoms. The number of anilines is 1. The summed E-state index contributed by atoms with van der Waals surface area (Å²) in [6.45, 7) is 3.75. The van der Waals surface area contributed by atoms with Gasteiger partial charge >= 0.3 is 10.2 Å². The fraction of sp³-hybridized carbons (Fsp3) is 0.267. The second-order valence-corrected chi connectivity index (χ2v) is 6.88. The quantitative estimate of drug-likeness (QED) is 0.927. The Balaban J connectivity index is 2.25. The van der Waals surface area contributed by atoms with Crippen molar-refractivity contribution >= 4 is 15.9 Å². The van der Waals surface area contributed by atoms with Crippen molar-refractivity contribution in [3.63, 3.8) is 0 Å². The van der Waals surface area contributed by atoms with E-state index in [1.54, 1.807) is 18.5 Å². The van der Waals surface area contributed by atoms with Gasteiger partial charge in [0.25, 0.3) is 0 Å². The topological polar surface area (TPSA) is 62.3 Å². The van der Waals surface area contributed by atoms with E-state index in [4.69, 9.17) is 0 Å². The largest absolute Gasteiger partial charge is 0.302 e. The van der Waals surface area contributed by atoms with Gasteiger partial charge in [-0.15, -0.1) is 0 Å². The Morgan fingerprint density at radius 1 is 1.14 bits per heavy atom. The van der Waals surface area contributed by atoms with Crippen LogP contribution in [0.4, 0.5) is 5.69 Å². The molecule has 0 radical (unpaired) electrons. The van der Waals surface area contributed by atoms with Crippen LogP contribution in [-0.4, -0.2) is 23.7 Å². The Morgan fingerprint density at radius 3 is 2.48 bits per heavy atom. The number of hydrogen-bond acceptors (Lipinski definition) is 3. The summed E-state index contributed by atoms with van der Waals surface area (Å²) in [5.41, 5.74) is 2.50. The first-order valence-corrected chi connectivity index (χ1v) is 8.25. The molecule has 2 aromatic rings. The molecule has 1 unspecified atom stereocenters. The van der Waals surface area contributed by atoms with E-state index in [1.165, 1.54) is 4.31 Å². The maximum atomic E-state index is 12.6. The van der Waals surface area contributed by atoms with E-state index in [0.29, 0.717) is 5.69 Å². The van der Waals surface area contributed by atoms with E-state index in [0.717, 1.165) is 11.1 Å². The molecule has 1 aliphatic heterocycles. The molecule has 0 saturated carbocycles. The highest BCUT2D eigenvalue weighted by atomic mass is 32.2. The molecule has 0 saturated heterocycles. The van der Waals surface area contributed by atoms with Crippen LogP contribution in [0.2, 0.25) is 0 Å². The van der Waals surface area contributed by atoms with Crippen molar-refractivity contribution in [2.45, 2.75) is 25.9 Å². The lowest BCUT2D eigenvalue weighted by Gasteiger charge is -2.39. The van der Waals surface area contributed by atoms with Crippen molar-refractivity contribution in [1.82, 2.24) is 9.29 Å². The predicted molar refractivity (Wildman–Crippen MR) is 82.0 cm³/mol. The van der Waals surface area contributed by atoms with Crippen LogP contribution in [0.3, 0.4) is 0 Å². The molecular formula is C15H17N3O2S. The fourth-order valence-corrected chi connectivity index (χ4v) is 4.38. The van der Waals surface area contributed by atoms with Gasteiger partial charge in [-0.3, -0.25) is 9.71 Å². The molecule has 0 bridgehead atoms. The van der Waals surface area contributed by atoms with Crippen molar-refractivity contribution in [3.8, 4) is 0 Å². The molecule has 1 N–H and O–H groups in total. The first kappa shape index (κ1) is 14.0. The minimum absolute atomic E-state index is 0.158. The number of rotatable bonds is 2. The Morgan fingerprint density at radius 2 is 1.81 bits per heavy atom. The molecule has 3 rings (SSSR count). The Labute approximate surface area is 124 Å². The van der Waals surface area contributed by atoms with Crippen LogP contribution in [0.25, 0.3) is 0 Å². The molecule has 2 heterocycles. The summed E-state index contributed by atoms with van der Waals surface area (Å²) in [6.07, 6.45) is 3.37. The van der Waals surface area contributed by atoms with Crippen LogP contribution < -0.4 is 4.72 Å². The Bertz CT molecular complexity index is 745. The van der Waals surface area contributed by atoms with Crippen molar-refractivity contribution in [3.05, 3.63) is 59.9 Å². The number of pyridine rings is 1. The van der Waals surface area contributed by atoms with E-state index in [9.17, 15) is 8.42 Å². The average Bonchev–Trinajstić information content (AvgIpc) is 2.45. The van der Waals surface area contributed by atoms with Crippen molar-refractivity contribution < 1.29 is 8.42 Å². The van der Waals surface area contributed by atoms with Crippen molar-refractivity contribution in [2.75, 3.05) is 4.72 Å². The van der Waals surface area contributed by atoms with E-state index in [1.807, 2.05) is 44.2 Å². The highest BCUT2D eigenvalue weighted by molar-refractivity contribution is 7.90. The smallest absolute Gasteiger partial charge is 0.271 e. The molecular weight excluding hydrogens is 286 g/mol. The first-order chi connectivity index (χ1) is 10.0. The molecule has 1 aromatic carbocycles. The van der Waals surface area contributed by atoms with Gasteiger partial charge in [-0.25, -0.2) is 0 Å². The molecule has 0 fully saturated rings. The van der Waals surface area contributed by atoms with Crippen LogP contribution >= 0.6 is 0 Å². The lowest BCUT2D eigenvalue weighted by molar-refractivity contribution is 0.305. The monoisotopic (exact) mass is 303 g/mol. The van der Waals surface area contributed by atoms with Gasteiger partial charge in [0.15, 0.2) is 0 Å². The summed E-state index contributed by atoms with van der Waals surface area (Å²) in [5.74, 6) is 0. The zero-order valence-electron chi connectivity index (χ0n) is 11.9. The molecule has 21 heavy (non-hydrogen) atoms. The van der Waals surface area contributed by atoms with E-state index in [2.05, 4.69) is 9.71 Å². The third kappa shape index (κ3) is 2.41. The number of nitrogens with one attached hydrogen (secondary N) is 1. The van der Waals surface area contributed by atoms with Gasteiger partial charge in [0.1, 0.15) is 0 Å². The lowest BCUT2D eigenvalue weighted by Crippen LogP contribution is -2.46. The minimum Gasteiger partial charge on any atom is -0.271 e. The Hall–Kier alpha value is -1.92. The summed E-state index contributed by atoms with van der Waals surface area (Å²) in [4.78, 5) is 4.02. The SMILES string of the molecule is CC(C)N1C(c2ccncc2)c2ccccc2NS1(=O)=O. The molecule has 110 valence electrons. The number of benzene rings is 1. The minimum atomic E-state index is -3.57. The van der Waals surface area contributed by atoms with Crippen LogP contribution in [0, 0.1) is 0 Å². The van der Waals surface area contributed by atoms with Gasteiger partial charge in [-0.05, 0) is 43.2 Å². The third-order valence-corrected chi connectivity index (χ3v) is 5.22. The molecule has 1 atom stereocenters. The van der Waals surface area contributed by atoms with Crippen LogP contribution in [0.15, 0.2) is 48.8 Å². The summed E-state index contributed by atoms with van der Waals surface area (Å²) in [6, 6.07) is 10.7. The predicted octanol–water partition coefficient (Wildman–Crippen LogP) is 2.55. The van der Waals surface area contributed by atoms with E-state index < -0.39 is 10.2 Å². The second kappa shape index (κ2) is 5.13. The molecule has 0 spiro atoms. The van der Waals surface area contributed by atoms with Gasteiger partial charge in [0.2, 0.25) is 0 Å². The lowest BCUT2D eigenvalue weighted by atomic mass is 9.97. The van der Waals surface area contributed by atoms with Gasteiger partial charge < -0.3 is 0 Å². The summed E-state index contributed by atoms with van der Waals surface area (Å²) < 4.78 is 29.3.